The van der Waals surface area contributed by atoms with Crippen molar-refractivity contribution < 1.29 is 19.8 Å². The van der Waals surface area contributed by atoms with Crippen LogP contribution in [0.5, 0.6) is 0 Å². The monoisotopic (exact) mass is 318 g/mol. The Kier molecular flexibility index (Phi) is 6.82. The fourth-order valence-corrected chi connectivity index (χ4v) is 2.40. The van der Waals surface area contributed by atoms with Gasteiger partial charge in [-0.15, -0.1) is 23.2 Å². The van der Waals surface area contributed by atoms with Gasteiger partial charge in [0.2, 0.25) is 0 Å². The van der Waals surface area contributed by atoms with Gasteiger partial charge in [0.15, 0.2) is 0 Å². The third-order valence-corrected chi connectivity index (χ3v) is 3.53. The van der Waals surface area contributed by atoms with Gasteiger partial charge in [-0.2, -0.15) is 0 Å². The van der Waals surface area contributed by atoms with Crippen molar-refractivity contribution in [2.75, 3.05) is 11.8 Å². The Labute approximate surface area is 127 Å². The Hall–Kier alpha value is -1.26. The highest BCUT2D eigenvalue weighted by molar-refractivity contribution is 6.18. The Balaban J connectivity index is 3.35. The molecule has 0 unspecified atom stereocenters. The molecule has 0 heterocycles. The van der Waals surface area contributed by atoms with Crippen LogP contribution in [0.4, 0.5) is 0 Å². The molecule has 0 bridgehead atoms. The van der Waals surface area contributed by atoms with Gasteiger partial charge in [-0.05, 0) is 42.9 Å². The van der Waals surface area contributed by atoms with Crippen molar-refractivity contribution in [2.45, 2.75) is 25.7 Å². The largest absolute Gasteiger partial charge is 0.478 e. The second-order valence-corrected chi connectivity index (χ2v) is 5.08. The Morgan fingerprint density at radius 2 is 1.55 bits per heavy atom. The number of carboxylic acids is 2. The number of aromatic carboxylic acids is 2. The number of alkyl halides is 2. The van der Waals surface area contributed by atoms with Crippen molar-refractivity contribution in [3.8, 4) is 0 Å². The number of hydrogen-bond donors (Lipinski definition) is 2. The molecule has 0 amide bonds. The van der Waals surface area contributed by atoms with Gasteiger partial charge in [-0.1, -0.05) is 6.07 Å². The molecule has 2 N–H and O–H groups in total. The van der Waals surface area contributed by atoms with Crippen LogP contribution in [0.2, 0.25) is 0 Å². The summed E-state index contributed by atoms with van der Waals surface area (Å²) in [5, 5.41) is 18.4. The van der Waals surface area contributed by atoms with Crippen LogP contribution >= 0.6 is 23.2 Å². The fourth-order valence-electron chi connectivity index (χ4n) is 2.13. The van der Waals surface area contributed by atoms with E-state index in [-0.39, 0.29) is 11.1 Å². The van der Waals surface area contributed by atoms with Crippen LogP contribution < -0.4 is 0 Å². The summed E-state index contributed by atoms with van der Waals surface area (Å²) in [4.78, 5) is 22.6. The Bertz CT molecular complexity index is 500. The predicted molar refractivity (Wildman–Crippen MR) is 78.4 cm³/mol. The summed E-state index contributed by atoms with van der Waals surface area (Å²) in [6.07, 6.45) is 2.38. The molecule has 110 valence electrons. The van der Waals surface area contributed by atoms with E-state index >= 15 is 0 Å². The summed E-state index contributed by atoms with van der Waals surface area (Å²) in [6, 6.07) is 3.02. The average Bonchev–Trinajstić information content (AvgIpc) is 2.41. The van der Waals surface area contributed by atoms with Crippen molar-refractivity contribution in [3.05, 3.63) is 34.4 Å². The lowest BCUT2D eigenvalue weighted by atomic mass is 9.91. The van der Waals surface area contributed by atoms with Gasteiger partial charge in [-0.25, -0.2) is 9.59 Å². The normalized spacial score (nSPS) is 10.5. The van der Waals surface area contributed by atoms with E-state index in [4.69, 9.17) is 28.3 Å². The minimum Gasteiger partial charge on any atom is -0.478 e. The first-order valence-electron chi connectivity index (χ1n) is 6.26. The lowest BCUT2D eigenvalue weighted by molar-refractivity contribution is 0.0650. The minimum absolute atomic E-state index is 0.130. The lowest BCUT2D eigenvalue weighted by Crippen LogP contribution is -2.14. The molecule has 0 aliphatic carbocycles. The van der Waals surface area contributed by atoms with E-state index in [1.807, 2.05) is 0 Å². The molecule has 1 aromatic carbocycles. The second-order valence-electron chi connectivity index (χ2n) is 4.32. The lowest BCUT2D eigenvalue weighted by Gasteiger charge is -2.14. The predicted octanol–water partition coefficient (Wildman–Crippen LogP) is 3.43. The second kappa shape index (κ2) is 8.12. The summed E-state index contributed by atoms with van der Waals surface area (Å²) >= 11 is 11.3. The van der Waals surface area contributed by atoms with Crippen LogP contribution in [0.3, 0.4) is 0 Å². The van der Waals surface area contributed by atoms with E-state index < -0.39 is 11.9 Å². The first kappa shape index (κ1) is 16.8. The van der Waals surface area contributed by atoms with Crippen molar-refractivity contribution in [1.82, 2.24) is 0 Å². The van der Waals surface area contributed by atoms with Crippen molar-refractivity contribution in [2.24, 2.45) is 0 Å². The number of rotatable bonds is 8. The SMILES string of the molecule is O=C(O)c1ccc(CCCCl)c(CCCCl)c1C(=O)O. The average molecular weight is 319 g/mol. The highest BCUT2D eigenvalue weighted by atomic mass is 35.5. The third kappa shape index (κ3) is 4.12. The zero-order chi connectivity index (χ0) is 15.1. The number of aryl methyl sites for hydroxylation is 1. The number of carbonyl (C=O) groups is 2. The van der Waals surface area contributed by atoms with E-state index in [0.29, 0.717) is 43.0 Å². The molecule has 0 aliphatic rings. The maximum Gasteiger partial charge on any atom is 0.336 e. The van der Waals surface area contributed by atoms with Crippen LogP contribution in [0.1, 0.15) is 44.7 Å². The van der Waals surface area contributed by atoms with E-state index in [1.54, 1.807) is 6.07 Å². The van der Waals surface area contributed by atoms with Gasteiger partial charge in [0.05, 0.1) is 11.1 Å². The first-order chi connectivity index (χ1) is 9.52. The highest BCUT2D eigenvalue weighted by Crippen LogP contribution is 2.23. The highest BCUT2D eigenvalue weighted by Gasteiger charge is 2.22. The molecule has 1 rings (SSSR count). The maximum absolute atomic E-state index is 11.4. The van der Waals surface area contributed by atoms with Crippen LogP contribution in [0.25, 0.3) is 0 Å². The van der Waals surface area contributed by atoms with Crippen molar-refractivity contribution in [3.63, 3.8) is 0 Å². The summed E-state index contributed by atoms with van der Waals surface area (Å²) < 4.78 is 0. The molecule has 4 nitrogen and oxygen atoms in total. The topological polar surface area (TPSA) is 74.6 Å². The maximum atomic E-state index is 11.4. The van der Waals surface area contributed by atoms with Gasteiger partial charge in [0.1, 0.15) is 0 Å². The van der Waals surface area contributed by atoms with Gasteiger partial charge in [-0.3, -0.25) is 0 Å². The van der Waals surface area contributed by atoms with Crippen LogP contribution in [0, 0.1) is 0 Å². The number of carboxylic acid groups (broad SMARTS) is 2. The summed E-state index contributed by atoms with van der Waals surface area (Å²) in [6.45, 7) is 0. The van der Waals surface area contributed by atoms with E-state index in [1.165, 1.54) is 6.07 Å². The van der Waals surface area contributed by atoms with Gasteiger partial charge in [0.25, 0.3) is 0 Å². The zero-order valence-electron chi connectivity index (χ0n) is 10.9. The summed E-state index contributed by atoms with van der Waals surface area (Å²) in [5.41, 5.74) is 1.08. The van der Waals surface area contributed by atoms with Crippen LogP contribution in [0.15, 0.2) is 12.1 Å². The number of halogens is 2. The minimum atomic E-state index is -1.24. The molecule has 0 spiro atoms. The molecule has 0 fully saturated rings. The van der Waals surface area contributed by atoms with Gasteiger partial charge < -0.3 is 10.2 Å². The molecule has 1 aromatic rings. The smallest absolute Gasteiger partial charge is 0.336 e. The molecular formula is C14H16Cl2O4. The molecule has 6 heteroatoms. The molecule has 0 radical (unpaired) electrons. The van der Waals surface area contributed by atoms with Gasteiger partial charge >= 0.3 is 11.9 Å². The number of hydrogen-bond acceptors (Lipinski definition) is 2. The van der Waals surface area contributed by atoms with Crippen molar-refractivity contribution >= 4 is 35.1 Å². The van der Waals surface area contributed by atoms with Crippen molar-refractivity contribution in [1.29, 1.82) is 0 Å². The summed E-state index contributed by atoms with van der Waals surface area (Å²) in [7, 11) is 0. The van der Waals surface area contributed by atoms with E-state index in [9.17, 15) is 14.7 Å². The van der Waals surface area contributed by atoms with E-state index in [2.05, 4.69) is 0 Å². The fraction of sp³-hybridized carbons (Fsp3) is 0.429. The molecule has 0 aliphatic heterocycles. The first-order valence-corrected chi connectivity index (χ1v) is 7.33. The molecule has 0 saturated carbocycles. The number of benzene rings is 1. The molecule has 20 heavy (non-hydrogen) atoms. The van der Waals surface area contributed by atoms with Crippen LogP contribution in [-0.4, -0.2) is 33.9 Å². The molecule has 0 atom stereocenters. The molecular weight excluding hydrogens is 303 g/mol. The van der Waals surface area contributed by atoms with Crippen LogP contribution in [-0.2, 0) is 12.8 Å². The van der Waals surface area contributed by atoms with Gasteiger partial charge in [0, 0.05) is 11.8 Å². The zero-order valence-corrected chi connectivity index (χ0v) is 12.4. The summed E-state index contributed by atoms with van der Waals surface area (Å²) in [5.74, 6) is -1.60. The Morgan fingerprint density at radius 3 is 2.05 bits per heavy atom. The van der Waals surface area contributed by atoms with E-state index in [0.717, 1.165) is 5.56 Å². The molecule has 0 saturated heterocycles. The Morgan fingerprint density at radius 1 is 0.950 bits per heavy atom. The molecule has 0 aromatic heterocycles. The quantitative estimate of drug-likeness (QED) is 0.720. The third-order valence-electron chi connectivity index (χ3n) is 2.99. The standard InChI is InChI=1S/C14H16Cl2O4/c15-7-1-3-9-5-6-11(13(17)18)12(14(19)20)10(9)4-2-8-16/h5-6H,1-4,7-8H2,(H,17,18)(H,19,20).